The summed E-state index contributed by atoms with van der Waals surface area (Å²) in [6.07, 6.45) is 0. The van der Waals surface area contributed by atoms with E-state index in [9.17, 15) is 10.1 Å². The zero-order chi connectivity index (χ0) is 13.5. The molecular formula is C11H17N3O3S. The number of likely N-dealkylation sites (N-methyl/N-ethyl adjacent to an activating group) is 1. The smallest absolute Gasteiger partial charge is 0.293 e. The van der Waals surface area contributed by atoms with E-state index in [4.69, 9.17) is 5.11 Å². The highest BCUT2D eigenvalue weighted by molar-refractivity contribution is 7.97. The van der Waals surface area contributed by atoms with E-state index in [1.54, 1.807) is 18.0 Å². The molecule has 0 spiro atoms. The van der Waals surface area contributed by atoms with Crippen LogP contribution in [-0.2, 0) is 0 Å². The molecule has 0 radical (unpaired) electrons. The lowest BCUT2D eigenvalue weighted by Crippen LogP contribution is -2.26. The largest absolute Gasteiger partial charge is 0.395 e. The molecule has 0 aliphatic heterocycles. The van der Waals surface area contributed by atoms with Crippen molar-refractivity contribution in [3.63, 3.8) is 0 Å². The highest BCUT2D eigenvalue weighted by Crippen LogP contribution is 2.31. The third kappa shape index (κ3) is 3.59. The highest BCUT2D eigenvalue weighted by Gasteiger charge is 2.19. The van der Waals surface area contributed by atoms with Gasteiger partial charge in [0.2, 0.25) is 0 Å². The van der Waals surface area contributed by atoms with Gasteiger partial charge in [-0.3, -0.25) is 14.8 Å². The van der Waals surface area contributed by atoms with Crippen LogP contribution in [0.3, 0.4) is 0 Å². The summed E-state index contributed by atoms with van der Waals surface area (Å²) in [5, 5.41) is 20.1. The van der Waals surface area contributed by atoms with E-state index >= 15 is 0 Å². The number of aliphatic hydroxyl groups is 1. The van der Waals surface area contributed by atoms with Crippen LogP contribution in [0.1, 0.15) is 6.92 Å². The Hall–Kier alpha value is -1.31. The van der Waals surface area contributed by atoms with Gasteiger partial charge in [-0.1, -0.05) is 0 Å². The average Bonchev–Trinajstić information content (AvgIpc) is 2.36. The van der Waals surface area contributed by atoms with Crippen LogP contribution in [0.25, 0.3) is 0 Å². The molecule has 1 aromatic carbocycles. The summed E-state index contributed by atoms with van der Waals surface area (Å²) in [5.74, 6) is 0. The van der Waals surface area contributed by atoms with Crippen molar-refractivity contribution in [2.75, 3.05) is 31.6 Å². The first-order valence-corrected chi connectivity index (χ1v) is 6.43. The Bertz CT molecular complexity index is 415. The zero-order valence-corrected chi connectivity index (χ0v) is 11.2. The van der Waals surface area contributed by atoms with Crippen molar-refractivity contribution in [1.82, 2.24) is 4.72 Å². The molecule has 0 fully saturated rings. The van der Waals surface area contributed by atoms with Gasteiger partial charge in [-0.2, -0.15) is 0 Å². The Kier molecular flexibility index (Phi) is 5.90. The molecule has 0 aliphatic rings. The lowest BCUT2D eigenvalue weighted by atomic mass is 10.2. The number of hydrogen-bond donors (Lipinski definition) is 2. The standard InChI is InChI=1S/C11H17N3O3S/c1-3-13(6-7-15)10-5-4-9(18-12-2)8-11(10)14(16)17/h4-5,8,12,15H,3,6-7H2,1-2H3. The molecule has 0 unspecified atom stereocenters. The number of nitro groups is 1. The summed E-state index contributed by atoms with van der Waals surface area (Å²) in [5.41, 5.74) is 0.600. The number of benzene rings is 1. The minimum Gasteiger partial charge on any atom is -0.395 e. The molecule has 0 bridgehead atoms. The maximum Gasteiger partial charge on any atom is 0.293 e. The molecule has 6 nitrogen and oxygen atoms in total. The van der Waals surface area contributed by atoms with Crippen molar-refractivity contribution in [3.05, 3.63) is 28.3 Å². The van der Waals surface area contributed by atoms with E-state index in [2.05, 4.69) is 4.72 Å². The van der Waals surface area contributed by atoms with E-state index in [1.807, 2.05) is 13.0 Å². The number of aliphatic hydroxyl groups excluding tert-OH is 1. The number of rotatable bonds is 7. The first-order chi connectivity index (χ1) is 8.63. The topological polar surface area (TPSA) is 78.6 Å². The lowest BCUT2D eigenvalue weighted by molar-refractivity contribution is -0.384. The first-order valence-electron chi connectivity index (χ1n) is 5.61. The summed E-state index contributed by atoms with van der Waals surface area (Å²) in [7, 11) is 1.76. The van der Waals surface area contributed by atoms with Crippen LogP contribution < -0.4 is 9.62 Å². The number of anilines is 1. The van der Waals surface area contributed by atoms with Crippen LogP contribution in [-0.4, -0.2) is 36.8 Å². The van der Waals surface area contributed by atoms with Gasteiger partial charge in [0.15, 0.2) is 0 Å². The molecular weight excluding hydrogens is 254 g/mol. The second kappa shape index (κ2) is 7.20. The Labute approximate surface area is 110 Å². The predicted molar refractivity (Wildman–Crippen MR) is 73.0 cm³/mol. The van der Waals surface area contributed by atoms with Gasteiger partial charge in [0.1, 0.15) is 5.69 Å². The van der Waals surface area contributed by atoms with Gasteiger partial charge >= 0.3 is 0 Å². The van der Waals surface area contributed by atoms with Crippen molar-refractivity contribution >= 4 is 23.3 Å². The van der Waals surface area contributed by atoms with Gasteiger partial charge in [-0.25, -0.2) is 0 Å². The summed E-state index contributed by atoms with van der Waals surface area (Å²) >= 11 is 1.33. The molecule has 2 N–H and O–H groups in total. The monoisotopic (exact) mass is 271 g/mol. The molecule has 0 saturated heterocycles. The Morgan fingerprint density at radius 1 is 1.56 bits per heavy atom. The van der Waals surface area contributed by atoms with Crippen molar-refractivity contribution in [1.29, 1.82) is 0 Å². The Morgan fingerprint density at radius 3 is 2.78 bits per heavy atom. The molecule has 7 heteroatoms. The molecule has 0 aromatic heterocycles. The third-order valence-corrected chi connectivity index (χ3v) is 3.15. The van der Waals surface area contributed by atoms with E-state index in [-0.39, 0.29) is 12.3 Å². The summed E-state index contributed by atoms with van der Waals surface area (Å²) in [6.45, 7) is 2.86. The predicted octanol–water partition coefficient (Wildman–Crippen LogP) is 1.64. The van der Waals surface area contributed by atoms with Crippen LogP contribution in [0.4, 0.5) is 11.4 Å². The summed E-state index contributed by atoms with van der Waals surface area (Å²) in [6, 6.07) is 5.08. The van der Waals surface area contributed by atoms with Gasteiger partial charge < -0.3 is 10.0 Å². The number of nitro benzene ring substituents is 1. The van der Waals surface area contributed by atoms with Crippen molar-refractivity contribution in [3.8, 4) is 0 Å². The minimum atomic E-state index is -0.394. The van der Waals surface area contributed by atoms with Gasteiger partial charge in [-0.05, 0) is 38.1 Å². The number of nitrogens with one attached hydrogen (secondary N) is 1. The fourth-order valence-electron chi connectivity index (χ4n) is 1.67. The maximum atomic E-state index is 11.1. The molecule has 18 heavy (non-hydrogen) atoms. The molecule has 100 valence electrons. The molecule has 0 amide bonds. The highest BCUT2D eigenvalue weighted by atomic mass is 32.2. The normalized spacial score (nSPS) is 10.4. The summed E-state index contributed by atoms with van der Waals surface area (Å²) < 4.78 is 2.88. The zero-order valence-electron chi connectivity index (χ0n) is 10.4. The van der Waals surface area contributed by atoms with Crippen LogP contribution in [0.5, 0.6) is 0 Å². The maximum absolute atomic E-state index is 11.1. The van der Waals surface area contributed by atoms with Gasteiger partial charge in [0, 0.05) is 24.1 Å². The van der Waals surface area contributed by atoms with E-state index in [0.29, 0.717) is 18.8 Å². The van der Waals surface area contributed by atoms with E-state index in [0.717, 1.165) is 4.90 Å². The van der Waals surface area contributed by atoms with Crippen LogP contribution in [0.2, 0.25) is 0 Å². The molecule has 0 aliphatic carbocycles. The summed E-state index contributed by atoms with van der Waals surface area (Å²) in [4.78, 5) is 13.3. The molecule has 0 atom stereocenters. The number of hydrogen-bond acceptors (Lipinski definition) is 6. The minimum absolute atomic E-state index is 0.0298. The second-order valence-electron chi connectivity index (χ2n) is 3.52. The van der Waals surface area contributed by atoms with Crippen LogP contribution >= 0.6 is 11.9 Å². The van der Waals surface area contributed by atoms with E-state index in [1.165, 1.54) is 18.0 Å². The quantitative estimate of drug-likeness (QED) is 0.446. The van der Waals surface area contributed by atoms with Gasteiger partial charge in [-0.15, -0.1) is 0 Å². The molecule has 1 aromatic rings. The van der Waals surface area contributed by atoms with Crippen molar-refractivity contribution < 1.29 is 10.0 Å². The van der Waals surface area contributed by atoms with Crippen LogP contribution in [0.15, 0.2) is 23.1 Å². The lowest BCUT2D eigenvalue weighted by Gasteiger charge is -2.21. The van der Waals surface area contributed by atoms with Gasteiger partial charge in [0.05, 0.1) is 11.5 Å². The van der Waals surface area contributed by atoms with Crippen molar-refractivity contribution in [2.24, 2.45) is 0 Å². The molecule has 0 saturated carbocycles. The Morgan fingerprint density at radius 2 is 2.28 bits per heavy atom. The SMILES string of the molecule is CCN(CCO)c1ccc(SNC)cc1[N+](=O)[O-]. The molecule has 0 heterocycles. The first kappa shape index (κ1) is 14.7. The fourth-order valence-corrected chi connectivity index (χ4v) is 2.21. The second-order valence-corrected chi connectivity index (χ2v) is 4.60. The van der Waals surface area contributed by atoms with E-state index < -0.39 is 4.92 Å². The third-order valence-electron chi connectivity index (χ3n) is 2.46. The van der Waals surface area contributed by atoms with Gasteiger partial charge in [0.25, 0.3) is 5.69 Å². The van der Waals surface area contributed by atoms with Crippen LogP contribution in [0, 0.1) is 10.1 Å². The average molecular weight is 271 g/mol. The van der Waals surface area contributed by atoms with Crippen molar-refractivity contribution in [2.45, 2.75) is 11.8 Å². The fraction of sp³-hybridized carbons (Fsp3) is 0.455. The molecule has 1 rings (SSSR count). The number of nitrogens with zero attached hydrogens (tertiary/aromatic N) is 2. The Balaban J connectivity index is 3.13.